The number of hydrogen-bond donors (Lipinski definition) is 1. The van der Waals surface area contributed by atoms with E-state index < -0.39 is 6.10 Å². The van der Waals surface area contributed by atoms with Gasteiger partial charge in [0.1, 0.15) is 5.82 Å². The van der Waals surface area contributed by atoms with Crippen LogP contribution in [0.3, 0.4) is 0 Å². The molecule has 0 aliphatic heterocycles. The van der Waals surface area contributed by atoms with E-state index in [2.05, 4.69) is 29.3 Å². The highest BCUT2D eigenvalue weighted by Gasteiger charge is 2.11. The predicted octanol–water partition coefficient (Wildman–Crippen LogP) is 3.83. The first kappa shape index (κ1) is 15.2. The molecule has 0 aliphatic rings. The quantitative estimate of drug-likeness (QED) is 0.838. The lowest BCUT2D eigenvalue weighted by atomic mass is 10.1. The van der Waals surface area contributed by atoms with Gasteiger partial charge in [-0.1, -0.05) is 25.1 Å². The van der Waals surface area contributed by atoms with Crippen LogP contribution in [-0.2, 0) is 6.54 Å². The molecule has 2 nitrogen and oxygen atoms in total. The second-order valence-electron chi connectivity index (χ2n) is 4.80. The second-order valence-corrected chi connectivity index (χ2v) is 5.84. The molecule has 0 saturated heterocycles. The zero-order valence-corrected chi connectivity index (χ0v) is 12.4. The van der Waals surface area contributed by atoms with Gasteiger partial charge in [0.2, 0.25) is 0 Å². The number of halogens is 1. The van der Waals surface area contributed by atoms with Crippen molar-refractivity contribution in [2.45, 2.75) is 26.0 Å². The van der Waals surface area contributed by atoms with E-state index in [-0.39, 0.29) is 5.82 Å². The number of aliphatic hydroxyl groups excluding tert-OH is 1. The maximum Gasteiger partial charge on any atom is 0.123 e. The lowest BCUT2D eigenvalue weighted by Gasteiger charge is -2.21. The summed E-state index contributed by atoms with van der Waals surface area (Å²) in [7, 11) is 0. The Morgan fingerprint density at radius 1 is 1.25 bits per heavy atom. The number of thiophene rings is 1. The molecule has 2 rings (SSSR count). The van der Waals surface area contributed by atoms with Crippen molar-refractivity contribution in [3.63, 3.8) is 0 Å². The average Bonchev–Trinajstić information content (AvgIpc) is 2.96. The molecule has 108 valence electrons. The van der Waals surface area contributed by atoms with Crippen molar-refractivity contribution in [1.29, 1.82) is 0 Å². The molecule has 1 aromatic heterocycles. The highest BCUT2D eigenvalue weighted by atomic mass is 32.1. The highest BCUT2D eigenvalue weighted by molar-refractivity contribution is 7.09. The van der Waals surface area contributed by atoms with Crippen LogP contribution < -0.4 is 0 Å². The van der Waals surface area contributed by atoms with E-state index >= 15 is 0 Å². The molecule has 0 amide bonds. The molecule has 1 N–H and O–H groups in total. The largest absolute Gasteiger partial charge is 0.388 e. The number of benzene rings is 1. The highest BCUT2D eigenvalue weighted by Crippen LogP contribution is 2.18. The van der Waals surface area contributed by atoms with Crippen molar-refractivity contribution in [2.75, 3.05) is 13.1 Å². The van der Waals surface area contributed by atoms with Crippen molar-refractivity contribution >= 4 is 11.3 Å². The molecule has 1 aromatic carbocycles. The molecule has 0 radical (unpaired) electrons. The second kappa shape index (κ2) is 7.53. The van der Waals surface area contributed by atoms with Gasteiger partial charge in [-0.05, 0) is 42.1 Å². The summed E-state index contributed by atoms with van der Waals surface area (Å²) in [5.74, 6) is -0.270. The van der Waals surface area contributed by atoms with Crippen LogP contribution in [0.4, 0.5) is 4.39 Å². The van der Waals surface area contributed by atoms with E-state index in [1.54, 1.807) is 23.5 Å². The van der Waals surface area contributed by atoms with Gasteiger partial charge in [0, 0.05) is 18.0 Å². The van der Waals surface area contributed by atoms with Gasteiger partial charge in [-0.25, -0.2) is 4.39 Å². The summed E-state index contributed by atoms with van der Waals surface area (Å²) >= 11 is 1.75. The van der Waals surface area contributed by atoms with Crippen molar-refractivity contribution < 1.29 is 9.50 Å². The molecule has 0 fully saturated rings. The first-order valence-corrected chi connectivity index (χ1v) is 7.75. The molecule has 1 heterocycles. The molecule has 20 heavy (non-hydrogen) atoms. The number of rotatable bonds is 7. The summed E-state index contributed by atoms with van der Waals surface area (Å²) in [5.41, 5.74) is 0.776. The van der Waals surface area contributed by atoms with Gasteiger partial charge in [-0.15, -0.1) is 11.3 Å². The molecule has 1 unspecified atom stereocenters. The van der Waals surface area contributed by atoms with Crippen LogP contribution in [0.2, 0.25) is 0 Å². The zero-order valence-electron chi connectivity index (χ0n) is 11.6. The summed E-state index contributed by atoms with van der Waals surface area (Å²) in [6.07, 6.45) is 0.123. The van der Waals surface area contributed by atoms with Crippen LogP contribution in [0.15, 0.2) is 41.8 Å². The molecule has 4 heteroatoms. The first-order chi connectivity index (χ1) is 9.69. The smallest absolute Gasteiger partial charge is 0.123 e. The van der Waals surface area contributed by atoms with Crippen LogP contribution in [0.5, 0.6) is 0 Å². The molecule has 0 saturated carbocycles. The van der Waals surface area contributed by atoms with Gasteiger partial charge in [0.15, 0.2) is 0 Å². The van der Waals surface area contributed by atoms with Crippen LogP contribution in [0, 0.1) is 5.82 Å². The Hall–Kier alpha value is -1.23. The fraction of sp³-hybridized carbons (Fsp3) is 0.375. The summed E-state index contributed by atoms with van der Waals surface area (Å²) in [4.78, 5) is 3.64. The van der Waals surface area contributed by atoms with E-state index in [1.165, 1.54) is 17.0 Å². The number of aliphatic hydroxyl groups is 1. The van der Waals surface area contributed by atoms with Crippen molar-refractivity contribution in [2.24, 2.45) is 0 Å². The Labute approximate surface area is 123 Å². The SMILES string of the molecule is CCN(CCC(O)c1ccc(F)cc1)Cc1cccs1. The van der Waals surface area contributed by atoms with E-state index in [9.17, 15) is 9.50 Å². The van der Waals surface area contributed by atoms with E-state index in [0.717, 1.165) is 25.2 Å². The Bertz CT molecular complexity index is 498. The Balaban J connectivity index is 1.84. The molecule has 0 spiro atoms. The normalized spacial score (nSPS) is 12.8. The van der Waals surface area contributed by atoms with Gasteiger partial charge < -0.3 is 5.11 Å². The van der Waals surface area contributed by atoms with Gasteiger partial charge in [0.05, 0.1) is 6.10 Å². The zero-order chi connectivity index (χ0) is 14.4. The molecule has 1 atom stereocenters. The third-order valence-electron chi connectivity index (χ3n) is 3.38. The molecular formula is C16H20FNOS. The minimum absolute atomic E-state index is 0.270. The Morgan fingerprint density at radius 3 is 2.60 bits per heavy atom. The lowest BCUT2D eigenvalue weighted by molar-refractivity contribution is 0.142. The Morgan fingerprint density at radius 2 is 2.00 bits per heavy atom. The maximum absolute atomic E-state index is 12.8. The van der Waals surface area contributed by atoms with Gasteiger partial charge in [0.25, 0.3) is 0 Å². The summed E-state index contributed by atoms with van der Waals surface area (Å²) in [6, 6.07) is 10.3. The molecule has 0 aliphatic carbocycles. The Kier molecular flexibility index (Phi) is 5.71. The number of nitrogens with zero attached hydrogens (tertiary/aromatic N) is 1. The third-order valence-corrected chi connectivity index (χ3v) is 4.24. The fourth-order valence-corrected chi connectivity index (χ4v) is 2.87. The predicted molar refractivity (Wildman–Crippen MR) is 81.2 cm³/mol. The topological polar surface area (TPSA) is 23.5 Å². The maximum atomic E-state index is 12.8. The van der Waals surface area contributed by atoms with Crippen molar-refractivity contribution in [1.82, 2.24) is 4.90 Å². The van der Waals surface area contributed by atoms with Gasteiger partial charge in [-0.3, -0.25) is 4.90 Å². The van der Waals surface area contributed by atoms with Gasteiger partial charge in [-0.2, -0.15) is 0 Å². The van der Waals surface area contributed by atoms with E-state index in [4.69, 9.17) is 0 Å². The average molecular weight is 293 g/mol. The van der Waals surface area contributed by atoms with Gasteiger partial charge >= 0.3 is 0 Å². The minimum Gasteiger partial charge on any atom is -0.388 e. The lowest BCUT2D eigenvalue weighted by Crippen LogP contribution is -2.24. The van der Waals surface area contributed by atoms with E-state index in [0.29, 0.717) is 6.42 Å². The van der Waals surface area contributed by atoms with Crippen molar-refractivity contribution in [3.8, 4) is 0 Å². The molecular weight excluding hydrogens is 273 g/mol. The summed E-state index contributed by atoms with van der Waals surface area (Å²) < 4.78 is 12.8. The minimum atomic E-state index is -0.534. The fourth-order valence-electron chi connectivity index (χ4n) is 2.13. The van der Waals surface area contributed by atoms with Crippen LogP contribution in [0.1, 0.15) is 29.9 Å². The standard InChI is InChI=1S/C16H20FNOS/c1-2-18(12-15-4-3-11-20-15)10-9-16(19)13-5-7-14(17)8-6-13/h3-8,11,16,19H,2,9-10,12H2,1H3. The third kappa shape index (κ3) is 4.40. The summed E-state index contributed by atoms with van der Waals surface area (Å²) in [5, 5.41) is 12.2. The first-order valence-electron chi connectivity index (χ1n) is 6.87. The summed E-state index contributed by atoms with van der Waals surface area (Å²) in [6.45, 7) is 4.82. The molecule has 2 aromatic rings. The van der Waals surface area contributed by atoms with Crippen molar-refractivity contribution in [3.05, 3.63) is 58.0 Å². The molecule has 0 bridgehead atoms. The van der Waals surface area contributed by atoms with Crippen LogP contribution in [-0.4, -0.2) is 23.1 Å². The van der Waals surface area contributed by atoms with Crippen LogP contribution in [0.25, 0.3) is 0 Å². The number of hydrogen-bond acceptors (Lipinski definition) is 3. The van der Waals surface area contributed by atoms with E-state index in [1.807, 2.05) is 0 Å². The van der Waals surface area contributed by atoms with Crippen LogP contribution >= 0.6 is 11.3 Å². The monoisotopic (exact) mass is 293 g/mol.